The molecular weight excluding hydrogens is 588 g/mol. The largest absolute Gasteiger partial charge is 0.493 e. The highest BCUT2D eigenvalue weighted by Crippen LogP contribution is 2.63. The highest BCUT2D eigenvalue weighted by molar-refractivity contribution is 5.85. The third-order valence-corrected chi connectivity index (χ3v) is 10.9. The van der Waals surface area contributed by atoms with E-state index in [0.717, 1.165) is 56.6 Å². The summed E-state index contributed by atoms with van der Waals surface area (Å²) in [6, 6.07) is 4.35. The predicted octanol–water partition coefficient (Wildman–Crippen LogP) is 2.61. The summed E-state index contributed by atoms with van der Waals surface area (Å²) < 4.78 is 18.8. The van der Waals surface area contributed by atoms with E-state index >= 15 is 0 Å². The molecule has 2 amide bonds. The first kappa shape index (κ1) is 32.2. The zero-order valence-corrected chi connectivity index (χ0v) is 27.3. The Labute approximate surface area is 270 Å². The number of methoxy groups -OCH3 is 1. The van der Waals surface area contributed by atoms with Crippen molar-refractivity contribution in [2.24, 2.45) is 28.3 Å². The quantitative estimate of drug-likeness (QED) is 0.188. The van der Waals surface area contributed by atoms with Gasteiger partial charge in [-0.05, 0) is 95.5 Å². The van der Waals surface area contributed by atoms with Crippen molar-refractivity contribution < 1.29 is 28.6 Å². The van der Waals surface area contributed by atoms with Crippen LogP contribution >= 0.6 is 0 Å². The second-order valence-corrected chi connectivity index (χ2v) is 13.6. The Morgan fingerprint density at radius 1 is 1.22 bits per heavy atom. The van der Waals surface area contributed by atoms with E-state index in [-0.39, 0.29) is 35.5 Å². The first-order valence-electron chi connectivity index (χ1n) is 16.7. The number of ketones is 1. The van der Waals surface area contributed by atoms with Crippen molar-refractivity contribution in [2.75, 3.05) is 40.3 Å². The van der Waals surface area contributed by atoms with Gasteiger partial charge in [-0.2, -0.15) is 0 Å². The molecule has 46 heavy (non-hydrogen) atoms. The third-order valence-electron chi connectivity index (χ3n) is 10.9. The van der Waals surface area contributed by atoms with Crippen LogP contribution in [0.15, 0.2) is 29.0 Å². The molecule has 0 aromatic heterocycles. The second kappa shape index (κ2) is 13.1. The fourth-order valence-electron chi connectivity index (χ4n) is 8.76. The van der Waals surface area contributed by atoms with Gasteiger partial charge in [0, 0.05) is 49.0 Å². The Morgan fingerprint density at radius 2 is 2.04 bits per heavy atom. The molecule has 1 aromatic rings. The van der Waals surface area contributed by atoms with Crippen LogP contribution in [0.5, 0.6) is 11.5 Å². The molecule has 1 unspecified atom stereocenters. The summed E-state index contributed by atoms with van der Waals surface area (Å²) in [6.45, 7) is 3.67. The lowest BCUT2D eigenvalue weighted by atomic mass is 9.53. The molecule has 0 saturated carbocycles. The maximum Gasteiger partial charge on any atom is 0.415 e. The number of Topliss-reactive ketones (excluding diaryl/α,β-unsaturated/α-hetero) is 1. The number of likely N-dealkylation sites (N-methyl/N-ethyl adjacent to an activating group) is 1. The van der Waals surface area contributed by atoms with Gasteiger partial charge in [-0.15, -0.1) is 0 Å². The van der Waals surface area contributed by atoms with Crippen molar-refractivity contribution in [3.05, 3.63) is 35.1 Å². The number of nitrogens with zero attached hydrogens (tertiary/aromatic N) is 3. The Bertz CT molecular complexity index is 1420. The summed E-state index contributed by atoms with van der Waals surface area (Å²) in [5, 5.41) is 3.03. The SMILES string of the molecule is COc1ccc2c3c1O[C@@H]1C(OC(=O)N4CCCC[C@@H]4CNC(=O)[C@H](CCCN=C(N)N)CC(C)=O)=CCC4[C@@H](C2)N(C)CC[C@@]341. The summed E-state index contributed by atoms with van der Waals surface area (Å²) in [5.41, 5.74) is 13.1. The van der Waals surface area contributed by atoms with Gasteiger partial charge < -0.3 is 45.6 Å². The maximum absolute atomic E-state index is 13.9. The Kier molecular flexibility index (Phi) is 9.18. The summed E-state index contributed by atoms with van der Waals surface area (Å²) in [7, 11) is 3.88. The molecule has 5 aliphatic rings. The smallest absolute Gasteiger partial charge is 0.415 e. The maximum atomic E-state index is 13.9. The van der Waals surface area contributed by atoms with E-state index in [4.69, 9.17) is 25.7 Å². The fraction of sp³-hybridized carbons (Fsp3) is 0.647. The van der Waals surface area contributed by atoms with Crippen LogP contribution in [-0.4, -0.2) is 92.1 Å². The fourth-order valence-corrected chi connectivity index (χ4v) is 8.76. The van der Waals surface area contributed by atoms with Crippen LogP contribution in [0.1, 0.15) is 69.4 Å². The van der Waals surface area contributed by atoms with Crippen LogP contribution in [0.2, 0.25) is 0 Å². The van der Waals surface area contributed by atoms with E-state index in [2.05, 4.69) is 34.4 Å². The van der Waals surface area contributed by atoms with E-state index in [1.54, 1.807) is 12.0 Å². The molecule has 2 fully saturated rings. The lowest BCUT2D eigenvalue weighted by Gasteiger charge is -2.56. The molecule has 0 radical (unpaired) electrons. The number of allylic oxidation sites excluding steroid dienone is 1. The van der Waals surface area contributed by atoms with Gasteiger partial charge in [0.15, 0.2) is 23.6 Å². The number of benzene rings is 1. The molecule has 2 bridgehead atoms. The number of ether oxygens (including phenoxy) is 3. The number of carbonyl (C=O) groups is 3. The minimum Gasteiger partial charge on any atom is -0.493 e. The molecule has 6 rings (SSSR count). The molecule has 2 aliphatic carbocycles. The molecular formula is C34H48N6O6. The van der Waals surface area contributed by atoms with Crippen molar-refractivity contribution in [1.29, 1.82) is 0 Å². The molecule has 12 heteroatoms. The van der Waals surface area contributed by atoms with Gasteiger partial charge in [-0.1, -0.05) is 6.07 Å². The van der Waals surface area contributed by atoms with Gasteiger partial charge in [0.2, 0.25) is 5.91 Å². The van der Waals surface area contributed by atoms with E-state index in [0.29, 0.717) is 50.2 Å². The van der Waals surface area contributed by atoms with E-state index in [9.17, 15) is 14.4 Å². The predicted molar refractivity (Wildman–Crippen MR) is 173 cm³/mol. The van der Waals surface area contributed by atoms with Crippen molar-refractivity contribution >= 4 is 23.7 Å². The summed E-state index contributed by atoms with van der Waals surface area (Å²) in [4.78, 5) is 47.2. The number of piperidine rings is 2. The number of hydrogen-bond donors (Lipinski definition) is 3. The minimum absolute atomic E-state index is 0.00286. The number of carbonyl (C=O) groups excluding carboxylic acids is 3. The summed E-state index contributed by atoms with van der Waals surface area (Å²) >= 11 is 0. The number of amides is 2. The van der Waals surface area contributed by atoms with Crippen molar-refractivity contribution in [3.63, 3.8) is 0 Å². The number of rotatable bonds is 11. The Balaban J connectivity index is 1.15. The molecule has 5 N–H and O–H groups in total. The Morgan fingerprint density at radius 3 is 2.80 bits per heavy atom. The topological polar surface area (TPSA) is 162 Å². The van der Waals surface area contributed by atoms with Crippen molar-refractivity contribution in [3.8, 4) is 11.5 Å². The van der Waals surface area contributed by atoms with Gasteiger partial charge in [0.05, 0.1) is 13.2 Å². The normalized spacial score (nSPS) is 28.2. The number of nitrogens with one attached hydrogen (secondary N) is 1. The molecule has 250 valence electrons. The monoisotopic (exact) mass is 636 g/mol. The zero-order valence-electron chi connectivity index (χ0n) is 27.3. The molecule has 2 saturated heterocycles. The molecule has 1 spiro atoms. The number of nitrogens with two attached hydrogens (primary N) is 2. The van der Waals surface area contributed by atoms with Gasteiger partial charge in [-0.25, -0.2) is 4.79 Å². The highest BCUT2D eigenvalue weighted by atomic mass is 16.6. The highest BCUT2D eigenvalue weighted by Gasteiger charge is 2.65. The average molecular weight is 637 g/mol. The minimum atomic E-state index is -0.479. The molecule has 6 atom stereocenters. The zero-order chi connectivity index (χ0) is 32.6. The van der Waals surface area contributed by atoms with Gasteiger partial charge in [-0.3, -0.25) is 9.79 Å². The van der Waals surface area contributed by atoms with Crippen LogP contribution in [-0.2, 0) is 26.2 Å². The van der Waals surface area contributed by atoms with Crippen LogP contribution in [0.25, 0.3) is 0 Å². The van der Waals surface area contributed by atoms with Crippen LogP contribution in [0.3, 0.4) is 0 Å². The lowest BCUT2D eigenvalue weighted by molar-refractivity contribution is -0.129. The van der Waals surface area contributed by atoms with Gasteiger partial charge >= 0.3 is 6.09 Å². The Hall–Kier alpha value is -3.80. The summed E-state index contributed by atoms with van der Waals surface area (Å²) in [5.74, 6) is 1.72. The standard InChI is InChI=1S/C34H48N6O6/c1-20(41)17-22(7-6-14-37-32(35)36)31(42)38-19-23-8-4-5-15-40(23)33(43)45-27-12-10-24-25-18-21-9-11-26(44-3)29-28(21)34(24,30(27)46-29)13-16-39(25)2/h9,11-12,22-25,30H,4-8,10,13-19H2,1-3H3,(H,38,42)(H4,35,36,37)/t22-,23-,24?,25-,30-,34+/m1/s1. The molecule has 3 heterocycles. The van der Waals surface area contributed by atoms with E-state index < -0.39 is 18.1 Å². The molecule has 3 aliphatic heterocycles. The van der Waals surface area contributed by atoms with Gasteiger partial charge in [0.1, 0.15) is 11.5 Å². The first-order chi connectivity index (χ1) is 22.1. The summed E-state index contributed by atoms with van der Waals surface area (Å²) in [6.07, 6.45) is 7.74. The first-order valence-corrected chi connectivity index (χ1v) is 16.7. The number of hydrogen-bond acceptors (Lipinski definition) is 8. The van der Waals surface area contributed by atoms with Crippen LogP contribution in [0.4, 0.5) is 4.79 Å². The second-order valence-electron chi connectivity index (χ2n) is 13.6. The lowest BCUT2D eigenvalue weighted by Crippen LogP contribution is -2.63. The average Bonchev–Trinajstić information content (AvgIpc) is 3.39. The van der Waals surface area contributed by atoms with Crippen LogP contribution in [0, 0.1) is 11.8 Å². The third kappa shape index (κ3) is 5.80. The van der Waals surface area contributed by atoms with Crippen molar-refractivity contribution in [1.82, 2.24) is 15.1 Å². The number of guanidine groups is 1. The van der Waals surface area contributed by atoms with Crippen LogP contribution < -0.4 is 26.3 Å². The molecule has 12 nitrogen and oxygen atoms in total. The number of aliphatic imine (C=N–C) groups is 1. The van der Waals surface area contributed by atoms with E-state index in [1.165, 1.54) is 18.1 Å². The van der Waals surface area contributed by atoms with E-state index in [1.807, 2.05) is 6.07 Å². The molecule has 1 aromatic carbocycles. The van der Waals surface area contributed by atoms with Gasteiger partial charge in [0.25, 0.3) is 0 Å². The van der Waals surface area contributed by atoms with Crippen molar-refractivity contribution in [2.45, 2.75) is 88.3 Å². The number of likely N-dealkylation sites (tertiary alicyclic amines) is 2.